The van der Waals surface area contributed by atoms with Crippen LogP contribution in [-0.2, 0) is 12.3 Å². The van der Waals surface area contributed by atoms with E-state index in [1.54, 1.807) is 24.9 Å². The molecule has 0 aromatic heterocycles. The lowest BCUT2D eigenvalue weighted by molar-refractivity contribution is 0.231. The molecule has 1 unspecified atom stereocenters. The molecule has 0 fully saturated rings. The van der Waals surface area contributed by atoms with E-state index in [0.29, 0.717) is 12.6 Å². The van der Waals surface area contributed by atoms with Crippen LogP contribution in [0.5, 0.6) is 0 Å². The van der Waals surface area contributed by atoms with Crippen molar-refractivity contribution in [2.24, 2.45) is 4.99 Å². The standard InChI is InChI=1S/C18H31FN4S/c1-6-23(7-2)14(3)11-21-18(20-4)22-12-15-8-9-17(19)10-16(15)13-24-5/h8-10,14H,6-7,11-13H2,1-5H3,(H2,20,21,22). The van der Waals surface area contributed by atoms with Gasteiger partial charge >= 0.3 is 0 Å². The lowest BCUT2D eigenvalue weighted by Crippen LogP contribution is -2.45. The summed E-state index contributed by atoms with van der Waals surface area (Å²) in [6, 6.07) is 5.42. The van der Waals surface area contributed by atoms with E-state index in [1.807, 2.05) is 12.3 Å². The molecular weight excluding hydrogens is 323 g/mol. The van der Waals surface area contributed by atoms with Gasteiger partial charge in [0.15, 0.2) is 5.96 Å². The summed E-state index contributed by atoms with van der Waals surface area (Å²) in [6.45, 7) is 10.1. The topological polar surface area (TPSA) is 39.7 Å². The van der Waals surface area contributed by atoms with Gasteiger partial charge in [0.25, 0.3) is 0 Å². The molecule has 6 heteroatoms. The number of nitrogens with zero attached hydrogens (tertiary/aromatic N) is 2. The molecule has 0 aliphatic rings. The Kier molecular flexibility index (Phi) is 9.79. The summed E-state index contributed by atoms with van der Waals surface area (Å²) in [4.78, 5) is 6.68. The molecule has 0 spiro atoms. The molecule has 1 atom stereocenters. The summed E-state index contributed by atoms with van der Waals surface area (Å²) < 4.78 is 13.4. The second-order valence-electron chi connectivity index (χ2n) is 5.72. The Balaban J connectivity index is 2.58. The van der Waals surface area contributed by atoms with Crippen molar-refractivity contribution in [3.05, 3.63) is 35.1 Å². The fourth-order valence-corrected chi connectivity index (χ4v) is 3.26. The molecule has 0 heterocycles. The molecule has 1 aromatic carbocycles. The molecule has 0 aliphatic heterocycles. The highest BCUT2D eigenvalue weighted by Crippen LogP contribution is 2.16. The summed E-state index contributed by atoms with van der Waals surface area (Å²) in [5.41, 5.74) is 2.13. The molecule has 0 saturated heterocycles. The van der Waals surface area contributed by atoms with E-state index in [0.717, 1.165) is 42.5 Å². The minimum atomic E-state index is -0.182. The number of nitrogens with one attached hydrogen (secondary N) is 2. The number of rotatable bonds is 9. The molecule has 0 saturated carbocycles. The Morgan fingerprint density at radius 1 is 1.25 bits per heavy atom. The van der Waals surface area contributed by atoms with Crippen LogP contribution in [0.25, 0.3) is 0 Å². The lowest BCUT2D eigenvalue weighted by atomic mass is 10.1. The summed E-state index contributed by atoms with van der Waals surface area (Å²) in [7, 11) is 1.77. The molecule has 0 radical (unpaired) electrons. The second kappa shape index (κ2) is 11.3. The first-order valence-corrected chi connectivity index (χ1v) is 9.89. The number of likely N-dealkylation sites (N-methyl/N-ethyl adjacent to an activating group) is 1. The van der Waals surface area contributed by atoms with Crippen LogP contribution < -0.4 is 10.6 Å². The van der Waals surface area contributed by atoms with Crippen LogP contribution in [0.3, 0.4) is 0 Å². The normalized spacial score (nSPS) is 13.2. The average Bonchev–Trinajstić information content (AvgIpc) is 2.58. The summed E-state index contributed by atoms with van der Waals surface area (Å²) in [6.07, 6.45) is 2.03. The van der Waals surface area contributed by atoms with Gasteiger partial charge in [-0.05, 0) is 49.5 Å². The van der Waals surface area contributed by atoms with E-state index in [-0.39, 0.29) is 5.82 Å². The Hall–Kier alpha value is -1.27. The van der Waals surface area contributed by atoms with Crippen molar-refractivity contribution >= 4 is 17.7 Å². The first kappa shape index (κ1) is 20.8. The predicted molar refractivity (Wildman–Crippen MR) is 104 cm³/mol. The van der Waals surface area contributed by atoms with Crippen molar-refractivity contribution < 1.29 is 4.39 Å². The summed E-state index contributed by atoms with van der Waals surface area (Å²) in [5, 5.41) is 6.69. The van der Waals surface area contributed by atoms with Crippen molar-refractivity contribution in [2.75, 3.05) is 32.9 Å². The average molecular weight is 355 g/mol. The van der Waals surface area contributed by atoms with Crippen LogP contribution in [0.15, 0.2) is 23.2 Å². The van der Waals surface area contributed by atoms with Gasteiger partial charge in [-0.3, -0.25) is 9.89 Å². The molecule has 0 aliphatic carbocycles. The summed E-state index contributed by atoms with van der Waals surface area (Å²) in [5.74, 6) is 1.39. The van der Waals surface area contributed by atoms with Gasteiger partial charge in [0.1, 0.15) is 5.82 Å². The zero-order valence-corrected chi connectivity index (χ0v) is 16.3. The quantitative estimate of drug-likeness (QED) is 0.528. The van der Waals surface area contributed by atoms with Crippen LogP contribution >= 0.6 is 11.8 Å². The van der Waals surface area contributed by atoms with E-state index in [9.17, 15) is 4.39 Å². The van der Waals surface area contributed by atoms with Crippen LogP contribution in [0.4, 0.5) is 4.39 Å². The number of thioether (sulfide) groups is 1. The smallest absolute Gasteiger partial charge is 0.191 e. The van der Waals surface area contributed by atoms with Gasteiger partial charge in [-0.1, -0.05) is 19.9 Å². The maximum atomic E-state index is 13.4. The maximum Gasteiger partial charge on any atom is 0.191 e. The van der Waals surface area contributed by atoms with E-state index in [2.05, 4.69) is 41.3 Å². The molecule has 4 nitrogen and oxygen atoms in total. The Labute approximate surface area is 150 Å². The predicted octanol–water partition coefficient (Wildman–Crippen LogP) is 3.08. The number of benzene rings is 1. The third-order valence-electron chi connectivity index (χ3n) is 4.14. The fourth-order valence-electron chi connectivity index (χ4n) is 2.68. The van der Waals surface area contributed by atoms with Crippen molar-refractivity contribution in [3.63, 3.8) is 0 Å². The Bertz CT molecular complexity index is 518. The number of halogens is 1. The van der Waals surface area contributed by atoms with Gasteiger partial charge < -0.3 is 10.6 Å². The lowest BCUT2D eigenvalue weighted by Gasteiger charge is -2.27. The van der Waals surface area contributed by atoms with E-state index < -0.39 is 0 Å². The monoisotopic (exact) mass is 354 g/mol. The fraction of sp³-hybridized carbons (Fsp3) is 0.611. The largest absolute Gasteiger partial charge is 0.355 e. The molecule has 2 N–H and O–H groups in total. The van der Waals surface area contributed by atoms with Gasteiger partial charge in [-0.2, -0.15) is 11.8 Å². The SMILES string of the molecule is CCN(CC)C(C)CNC(=NC)NCc1ccc(F)cc1CSC. The van der Waals surface area contributed by atoms with Gasteiger partial charge in [0, 0.05) is 31.9 Å². The molecule has 1 rings (SSSR count). The third-order valence-corrected chi connectivity index (χ3v) is 4.74. The molecule has 136 valence electrons. The minimum absolute atomic E-state index is 0.182. The first-order chi connectivity index (χ1) is 11.5. The second-order valence-corrected chi connectivity index (χ2v) is 6.59. The molecular formula is C18H31FN4S. The Morgan fingerprint density at radius 3 is 2.54 bits per heavy atom. The van der Waals surface area contributed by atoms with E-state index >= 15 is 0 Å². The van der Waals surface area contributed by atoms with Gasteiger partial charge in [-0.25, -0.2) is 4.39 Å². The van der Waals surface area contributed by atoms with Crippen LogP contribution in [0, 0.1) is 5.82 Å². The van der Waals surface area contributed by atoms with Crippen molar-refractivity contribution in [3.8, 4) is 0 Å². The molecule has 24 heavy (non-hydrogen) atoms. The third kappa shape index (κ3) is 6.69. The van der Waals surface area contributed by atoms with E-state index in [1.165, 1.54) is 6.07 Å². The molecule has 0 bridgehead atoms. The number of guanidine groups is 1. The van der Waals surface area contributed by atoms with Crippen LogP contribution in [-0.4, -0.2) is 49.8 Å². The number of hydrogen-bond donors (Lipinski definition) is 2. The van der Waals surface area contributed by atoms with E-state index in [4.69, 9.17) is 0 Å². The van der Waals surface area contributed by atoms with Gasteiger partial charge in [0.2, 0.25) is 0 Å². The Morgan fingerprint density at radius 2 is 1.96 bits per heavy atom. The number of hydrogen-bond acceptors (Lipinski definition) is 3. The molecule has 1 aromatic rings. The molecule has 0 amide bonds. The zero-order valence-electron chi connectivity index (χ0n) is 15.5. The summed E-state index contributed by atoms with van der Waals surface area (Å²) >= 11 is 1.69. The van der Waals surface area contributed by atoms with Crippen LogP contribution in [0.1, 0.15) is 31.9 Å². The van der Waals surface area contributed by atoms with Crippen molar-refractivity contribution in [2.45, 2.75) is 39.1 Å². The van der Waals surface area contributed by atoms with Gasteiger partial charge in [-0.15, -0.1) is 0 Å². The van der Waals surface area contributed by atoms with Crippen molar-refractivity contribution in [1.29, 1.82) is 0 Å². The van der Waals surface area contributed by atoms with Gasteiger partial charge in [0.05, 0.1) is 0 Å². The van der Waals surface area contributed by atoms with Crippen molar-refractivity contribution in [1.82, 2.24) is 15.5 Å². The zero-order chi connectivity index (χ0) is 17.9. The highest BCUT2D eigenvalue weighted by atomic mass is 32.2. The minimum Gasteiger partial charge on any atom is -0.355 e. The van der Waals surface area contributed by atoms with Crippen LogP contribution in [0.2, 0.25) is 0 Å². The maximum absolute atomic E-state index is 13.4. The first-order valence-electron chi connectivity index (χ1n) is 8.50. The highest BCUT2D eigenvalue weighted by Gasteiger charge is 2.11. The highest BCUT2D eigenvalue weighted by molar-refractivity contribution is 7.97. The number of aliphatic imine (C=N–C) groups is 1.